The number of hydrogen-bond acceptors (Lipinski definition) is 7. The largest absolute Gasteiger partial charge is 0.496 e. The van der Waals surface area contributed by atoms with E-state index in [1.165, 1.54) is 7.11 Å². The third-order valence-corrected chi connectivity index (χ3v) is 9.24. The molecule has 202 valence electrons. The number of hydrogen-bond donors (Lipinski definition) is 3. The summed E-state index contributed by atoms with van der Waals surface area (Å²) < 4.78 is 5.38. The Labute approximate surface area is 223 Å². The molecule has 0 radical (unpaired) electrons. The van der Waals surface area contributed by atoms with Crippen LogP contribution >= 0.6 is 0 Å². The van der Waals surface area contributed by atoms with E-state index in [-0.39, 0.29) is 18.0 Å². The minimum absolute atomic E-state index is 0.121. The van der Waals surface area contributed by atoms with Crippen LogP contribution in [0.25, 0.3) is 0 Å². The van der Waals surface area contributed by atoms with Crippen LogP contribution in [0.4, 0.5) is 11.5 Å². The standard InChI is InChI=1S/C29H37N5O4/c1-17-16-33(21-6-7-22(27(30)35)24(12-21)38-2)8-9-34(17)25-5-3-4-23(31-25)28(36)32-26-19-10-18-11-20(26)15-29(37,13-18)14-19/h3-7,12,17-20,26,37H,8-11,13-16H2,1-2H3,(H2,30,35)(H,32,36). The fraction of sp³-hybridized carbons (Fsp3) is 0.552. The van der Waals surface area contributed by atoms with Crippen molar-refractivity contribution in [3.05, 3.63) is 47.7 Å². The van der Waals surface area contributed by atoms with Crippen LogP contribution in [0.1, 0.15) is 59.9 Å². The summed E-state index contributed by atoms with van der Waals surface area (Å²) >= 11 is 0. The van der Waals surface area contributed by atoms with Gasteiger partial charge in [0.15, 0.2) is 0 Å². The van der Waals surface area contributed by atoms with Crippen LogP contribution in [0.3, 0.4) is 0 Å². The summed E-state index contributed by atoms with van der Waals surface area (Å²) in [5.41, 5.74) is 6.73. The number of anilines is 2. The Morgan fingerprint density at radius 1 is 1.13 bits per heavy atom. The molecule has 1 aliphatic heterocycles. The van der Waals surface area contributed by atoms with Crippen molar-refractivity contribution in [3.8, 4) is 5.75 Å². The van der Waals surface area contributed by atoms with Gasteiger partial charge in [0.1, 0.15) is 17.3 Å². The van der Waals surface area contributed by atoms with Gasteiger partial charge in [0, 0.05) is 43.5 Å². The molecule has 3 atom stereocenters. The molecule has 4 N–H and O–H groups in total. The minimum Gasteiger partial charge on any atom is -0.496 e. The lowest BCUT2D eigenvalue weighted by Gasteiger charge is -2.58. The number of pyridine rings is 1. The van der Waals surface area contributed by atoms with Crippen LogP contribution < -0.4 is 25.6 Å². The van der Waals surface area contributed by atoms with Gasteiger partial charge in [0.2, 0.25) is 0 Å². The number of methoxy groups -OCH3 is 1. The maximum Gasteiger partial charge on any atom is 0.270 e. The fourth-order valence-corrected chi connectivity index (χ4v) is 7.76. The van der Waals surface area contributed by atoms with Crippen molar-refractivity contribution in [2.24, 2.45) is 23.5 Å². The highest BCUT2D eigenvalue weighted by atomic mass is 16.5. The molecule has 2 heterocycles. The highest BCUT2D eigenvalue weighted by Gasteiger charge is 2.55. The molecule has 38 heavy (non-hydrogen) atoms. The number of nitrogens with zero attached hydrogens (tertiary/aromatic N) is 3. The van der Waals surface area contributed by atoms with Gasteiger partial charge >= 0.3 is 0 Å². The summed E-state index contributed by atoms with van der Waals surface area (Å²) in [5.74, 6) is 1.97. The van der Waals surface area contributed by atoms with E-state index in [0.717, 1.165) is 63.2 Å². The van der Waals surface area contributed by atoms with E-state index in [0.29, 0.717) is 34.8 Å². The van der Waals surface area contributed by atoms with Crippen LogP contribution in [0, 0.1) is 17.8 Å². The first-order chi connectivity index (χ1) is 18.2. The highest BCUT2D eigenvalue weighted by Crippen LogP contribution is 2.55. The normalized spacial score (nSPS) is 31.8. The number of carbonyl (C=O) groups is 2. The van der Waals surface area contributed by atoms with Gasteiger partial charge in [0.25, 0.3) is 11.8 Å². The second kappa shape index (κ2) is 9.45. The van der Waals surface area contributed by atoms with E-state index in [4.69, 9.17) is 15.5 Å². The highest BCUT2D eigenvalue weighted by molar-refractivity contribution is 5.96. The molecule has 9 nitrogen and oxygen atoms in total. The summed E-state index contributed by atoms with van der Waals surface area (Å²) in [6, 6.07) is 11.4. The Morgan fingerprint density at radius 3 is 2.55 bits per heavy atom. The van der Waals surface area contributed by atoms with Crippen molar-refractivity contribution >= 4 is 23.3 Å². The predicted octanol–water partition coefficient (Wildman–Crippen LogP) is 2.57. The summed E-state index contributed by atoms with van der Waals surface area (Å²) in [4.78, 5) is 34.2. The lowest BCUT2D eigenvalue weighted by molar-refractivity contribution is -0.136. The van der Waals surface area contributed by atoms with E-state index in [2.05, 4.69) is 22.0 Å². The third kappa shape index (κ3) is 4.46. The number of primary amides is 1. The monoisotopic (exact) mass is 519 g/mol. The topological polar surface area (TPSA) is 121 Å². The number of aliphatic hydroxyl groups is 1. The van der Waals surface area contributed by atoms with Crippen molar-refractivity contribution in [1.29, 1.82) is 0 Å². The molecule has 1 saturated heterocycles. The number of nitrogens with two attached hydrogens (primary N) is 1. The first kappa shape index (κ1) is 25.0. The van der Waals surface area contributed by atoms with Gasteiger partial charge in [-0.1, -0.05) is 6.07 Å². The Kier molecular flexibility index (Phi) is 6.21. The number of carbonyl (C=O) groups excluding carboxylic acids is 2. The van der Waals surface area contributed by atoms with E-state index in [9.17, 15) is 14.7 Å². The molecule has 9 heteroatoms. The van der Waals surface area contributed by atoms with Gasteiger partial charge in [-0.3, -0.25) is 9.59 Å². The van der Waals surface area contributed by atoms with Crippen LogP contribution in [0.15, 0.2) is 36.4 Å². The summed E-state index contributed by atoms with van der Waals surface area (Å²) in [5, 5.41) is 14.2. The second-order valence-electron chi connectivity index (χ2n) is 11.8. The summed E-state index contributed by atoms with van der Waals surface area (Å²) in [6.07, 6.45) is 4.75. The number of rotatable bonds is 6. The third-order valence-electron chi connectivity index (χ3n) is 9.24. The number of nitrogens with one attached hydrogen (secondary N) is 1. The number of amides is 2. The fourth-order valence-electron chi connectivity index (χ4n) is 7.76. The average Bonchev–Trinajstić information content (AvgIpc) is 2.89. The molecule has 4 saturated carbocycles. The first-order valence-electron chi connectivity index (χ1n) is 13.7. The van der Waals surface area contributed by atoms with Gasteiger partial charge in [-0.05, 0) is 81.0 Å². The van der Waals surface area contributed by atoms with E-state index < -0.39 is 11.5 Å². The number of ether oxygens (including phenoxy) is 1. The van der Waals surface area contributed by atoms with Crippen LogP contribution in [-0.4, -0.2) is 66.3 Å². The molecule has 5 fully saturated rings. The van der Waals surface area contributed by atoms with E-state index in [1.807, 2.05) is 24.3 Å². The number of aromatic nitrogens is 1. The lowest BCUT2D eigenvalue weighted by atomic mass is 9.52. The van der Waals surface area contributed by atoms with Crippen molar-refractivity contribution < 1.29 is 19.4 Å². The molecule has 1 aromatic heterocycles. The quantitative estimate of drug-likeness (QED) is 0.536. The van der Waals surface area contributed by atoms with E-state index >= 15 is 0 Å². The zero-order valence-corrected chi connectivity index (χ0v) is 22.1. The van der Waals surface area contributed by atoms with Gasteiger partial charge in [-0.25, -0.2) is 4.98 Å². The molecular formula is C29H37N5O4. The van der Waals surface area contributed by atoms with Gasteiger partial charge in [-0.2, -0.15) is 0 Å². The van der Waals surface area contributed by atoms with Crippen LogP contribution in [0.2, 0.25) is 0 Å². The maximum absolute atomic E-state index is 13.3. The maximum atomic E-state index is 13.3. The Bertz CT molecular complexity index is 1240. The van der Waals surface area contributed by atoms with Crippen molar-refractivity contribution in [2.75, 3.05) is 36.5 Å². The predicted molar refractivity (Wildman–Crippen MR) is 145 cm³/mol. The van der Waals surface area contributed by atoms with Crippen molar-refractivity contribution in [1.82, 2.24) is 10.3 Å². The van der Waals surface area contributed by atoms with Crippen molar-refractivity contribution in [2.45, 2.75) is 56.7 Å². The first-order valence-corrected chi connectivity index (χ1v) is 13.7. The Balaban J connectivity index is 1.12. The summed E-state index contributed by atoms with van der Waals surface area (Å²) in [6.45, 7) is 4.41. The second-order valence-corrected chi connectivity index (χ2v) is 11.8. The lowest BCUT2D eigenvalue weighted by Crippen LogP contribution is -2.61. The summed E-state index contributed by atoms with van der Waals surface area (Å²) in [7, 11) is 1.53. The molecule has 7 rings (SSSR count). The Morgan fingerprint density at radius 2 is 1.89 bits per heavy atom. The molecule has 2 amide bonds. The molecular weight excluding hydrogens is 482 g/mol. The Hall–Kier alpha value is -3.33. The molecule has 1 aromatic carbocycles. The molecule has 3 unspecified atom stereocenters. The number of piperazine rings is 1. The zero-order chi connectivity index (χ0) is 26.6. The zero-order valence-electron chi connectivity index (χ0n) is 22.1. The minimum atomic E-state index is -0.512. The smallest absolute Gasteiger partial charge is 0.270 e. The average molecular weight is 520 g/mol. The SMILES string of the molecule is COc1cc(N2CCN(c3cccc(C(=O)NC4C5CC6CC4CC(O)(C6)C5)n3)C(C)C2)ccc1C(N)=O. The van der Waals surface area contributed by atoms with Gasteiger partial charge in [-0.15, -0.1) is 0 Å². The molecule has 4 bridgehead atoms. The van der Waals surface area contributed by atoms with Crippen molar-refractivity contribution in [3.63, 3.8) is 0 Å². The molecule has 5 aliphatic rings. The molecule has 0 spiro atoms. The molecule has 4 aliphatic carbocycles. The van der Waals surface area contributed by atoms with Crippen LogP contribution in [-0.2, 0) is 0 Å². The number of benzene rings is 1. The van der Waals surface area contributed by atoms with Gasteiger partial charge < -0.3 is 30.7 Å². The molecule has 2 aromatic rings. The van der Waals surface area contributed by atoms with E-state index in [1.54, 1.807) is 12.1 Å². The van der Waals surface area contributed by atoms with Gasteiger partial charge in [0.05, 0.1) is 18.3 Å². The van der Waals surface area contributed by atoms with Crippen LogP contribution in [0.5, 0.6) is 5.75 Å².